The SMILES string of the molecule is Cc1c(CNC[C@@H]2CCO[C@@H]2c2nc(C3CC3)no2)cnn1C. The summed E-state index contributed by atoms with van der Waals surface area (Å²) in [5.74, 6) is 2.39. The second kappa shape index (κ2) is 6.05. The van der Waals surface area contributed by atoms with Crippen molar-refractivity contribution in [2.24, 2.45) is 13.0 Å². The van der Waals surface area contributed by atoms with Crippen LogP contribution < -0.4 is 5.32 Å². The van der Waals surface area contributed by atoms with E-state index in [1.807, 2.05) is 17.9 Å². The van der Waals surface area contributed by atoms with Crippen molar-refractivity contribution in [3.05, 3.63) is 29.2 Å². The molecule has 2 aromatic rings. The summed E-state index contributed by atoms with van der Waals surface area (Å²) in [6.07, 6.45) is 5.23. The van der Waals surface area contributed by atoms with Gasteiger partial charge in [-0.1, -0.05) is 5.16 Å². The van der Waals surface area contributed by atoms with Crippen molar-refractivity contribution in [1.82, 2.24) is 25.2 Å². The molecule has 2 aromatic heterocycles. The van der Waals surface area contributed by atoms with Crippen molar-refractivity contribution < 1.29 is 9.26 Å². The lowest BCUT2D eigenvalue weighted by molar-refractivity contribution is 0.0623. The Kier molecular flexibility index (Phi) is 3.90. The highest BCUT2D eigenvalue weighted by Gasteiger charge is 2.36. The maximum Gasteiger partial charge on any atom is 0.256 e. The van der Waals surface area contributed by atoms with Crippen LogP contribution in [-0.2, 0) is 18.3 Å². The van der Waals surface area contributed by atoms with Crippen LogP contribution in [-0.4, -0.2) is 33.1 Å². The fraction of sp³-hybridized carbons (Fsp3) is 0.688. The average molecular weight is 317 g/mol. The van der Waals surface area contributed by atoms with Crippen LogP contribution >= 0.6 is 0 Å². The summed E-state index contributed by atoms with van der Waals surface area (Å²) in [5.41, 5.74) is 2.43. The number of ether oxygens (including phenoxy) is 1. The number of hydrogen-bond acceptors (Lipinski definition) is 6. The summed E-state index contributed by atoms with van der Waals surface area (Å²) in [6, 6.07) is 0. The number of nitrogens with one attached hydrogen (secondary N) is 1. The fourth-order valence-corrected chi connectivity index (χ4v) is 3.10. The minimum absolute atomic E-state index is 0.0718. The van der Waals surface area contributed by atoms with E-state index in [1.54, 1.807) is 0 Å². The maximum absolute atomic E-state index is 5.84. The molecule has 1 saturated carbocycles. The Morgan fingerprint density at radius 3 is 2.96 bits per heavy atom. The molecule has 7 nitrogen and oxygen atoms in total. The summed E-state index contributed by atoms with van der Waals surface area (Å²) < 4.78 is 13.2. The van der Waals surface area contributed by atoms with Gasteiger partial charge in [0.05, 0.1) is 6.20 Å². The molecule has 1 aliphatic carbocycles. The summed E-state index contributed by atoms with van der Waals surface area (Å²) in [5, 5.41) is 11.9. The number of nitrogens with zero attached hydrogens (tertiary/aromatic N) is 4. The van der Waals surface area contributed by atoms with Gasteiger partial charge >= 0.3 is 0 Å². The Balaban J connectivity index is 1.34. The van der Waals surface area contributed by atoms with Crippen molar-refractivity contribution in [1.29, 1.82) is 0 Å². The van der Waals surface area contributed by atoms with E-state index in [0.29, 0.717) is 17.7 Å². The van der Waals surface area contributed by atoms with E-state index in [-0.39, 0.29) is 6.10 Å². The lowest BCUT2D eigenvalue weighted by atomic mass is 10.0. The van der Waals surface area contributed by atoms with Gasteiger partial charge in [-0.05, 0) is 26.2 Å². The summed E-state index contributed by atoms with van der Waals surface area (Å²) in [7, 11) is 1.96. The van der Waals surface area contributed by atoms with E-state index in [1.165, 1.54) is 24.1 Å². The molecule has 7 heteroatoms. The lowest BCUT2D eigenvalue weighted by Crippen LogP contribution is -2.25. The quantitative estimate of drug-likeness (QED) is 0.876. The lowest BCUT2D eigenvalue weighted by Gasteiger charge is -2.15. The second-order valence-corrected chi connectivity index (χ2v) is 6.61. The molecule has 4 rings (SSSR count). The Bertz CT molecular complexity index is 676. The standard InChI is InChI=1S/C16H23N5O2/c1-10-13(9-18-21(10)2)8-17-7-12-5-6-22-14(12)16-19-15(20-23-16)11-3-4-11/h9,11-12,14,17H,3-8H2,1-2H3/t12-,14-/m0/s1. The van der Waals surface area contributed by atoms with Gasteiger partial charge in [0.1, 0.15) is 6.10 Å². The molecule has 1 aliphatic heterocycles. The van der Waals surface area contributed by atoms with Gasteiger partial charge in [-0.3, -0.25) is 4.68 Å². The van der Waals surface area contributed by atoms with Crippen LogP contribution in [0.3, 0.4) is 0 Å². The summed E-state index contributed by atoms with van der Waals surface area (Å²) in [4.78, 5) is 4.54. The van der Waals surface area contributed by atoms with Crippen LogP contribution in [0.5, 0.6) is 0 Å². The van der Waals surface area contributed by atoms with Crippen molar-refractivity contribution in [3.63, 3.8) is 0 Å². The van der Waals surface area contributed by atoms with Crippen LogP contribution in [0.4, 0.5) is 0 Å². The van der Waals surface area contributed by atoms with Gasteiger partial charge in [0.15, 0.2) is 5.82 Å². The van der Waals surface area contributed by atoms with Gasteiger partial charge in [-0.15, -0.1) is 0 Å². The molecule has 0 bridgehead atoms. The minimum atomic E-state index is -0.0718. The molecule has 0 spiro atoms. The Morgan fingerprint density at radius 2 is 2.22 bits per heavy atom. The fourth-order valence-electron chi connectivity index (χ4n) is 3.10. The van der Waals surface area contributed by atoms with Crippen LogP contribution in [0.15, 0.2) is 10.7 Å². The van der Waals surface area contributed by atoms with Gasteiger partial charge in [0.2, 0.25) is 0 Å². The summed E-state index contributed by atoms with van der Waals surface area (Å²) >= 11 is 0. The van der Waals surface area contributed by atoms with Crippen molar-refractivity contribution >= 4 is 0 Å². The first-order valence-electron chi connectivity index (χ1n) is 8.35. The molecule has 1 N–H and O–H groups in total. The first-order chi connectivity index (χ1) is 11.2. The van der Waals surface area contributed by atoms with Gasteiger partial charge < -0.3 is 14.6 Å². The van der Waals surface area contributed by atoms with Crippen LogP contribution in [0, 0.1) is 12.8 Å². The molecule has 124 valence electrons. The smallest absolute Gasteiger partial charge is 0.256 e. The van der Waals surface area contributed by atoms with Crippen molar-refractivity contribution in [2.45, 2.75) is 44.8 Å². The minimum Gasteiger partial charge on any atom is -0.368 e. The number of hydrogen-bond donors (Lipinski definition) is 1. The third kappa shape index (κ3) is 3.03. The molecule has 0 radical (unpaired) electrons. The second-order valence-electron chi connectivity index (χ2n) is 6.61. The molecule has 2 aliphatic rings. The molecule has 0 amide bonds. The third-order valence-corrected chi connectivity index (χ3v) is 4.92. The van der Waals surface area contributed by atoms with E-state index in [4.69, 9.17) is 9.26 Å². The van der Waals surface area contributed by atoms with E-state index in [9.17, 15) is 0 Å². The number of rotatable bonds is 6. The van der Waals surface area contributed by atoms with Crippen LogP contribution in [0.25, 0.3) is 0 Å². The van der Waals surface area contributed by atoms with E-state index >= 15 is 0 Å². The van der Waals surface area contributed by atoms with Crippen molar-refractivity contribution in [2.75, 3.05) is 13.2 Å². The van der Waals surface area contributed by atoms with Gasteiger partial charge in [0.25, 0.3) is 5.89 Å². The largest absolute Gasteiger partial charge is 0.368 e. The molecule has 0 aromatic carbocycles. The van der Waals surface area contributed by atoms with E-state index < -0.39 is 0 Å². The van der Waals surface area contributed by atoms with E-state index in [2.05, 4.69) is 27.5 Å². The zero-order valence-electron chi connectivity index (χ0n) is 13.7. The molecule has 2 fully saturated rings. The zero-order chi connectivity index (χ0) is 15.8. The molecule has 0 unspecified atom stereocenters. The predicted molar refractivity (Wildman–Crippen MR) is 82.7 cm³/mol. The molecule has 23 heavy (non-hydrogen) atoms. The first kappa shape index (κ1) is 14.8. The predicted octanol–water partition coefficient (Wildman–Crippen LogP) is 1.86. The third-order valence-electron chi connectivity index (χ3n) is 4.92. The highest BCUT2D eigenvalue weighted by Crippen LogP contribution is 2.40. The van der Waals surface area contributed by atoms with Gasteiger partial charge in [-0.25, -0.2) is 0 Å². The summed E-state index contributed by atoms with van der Waals surface area (Å²) in [6.45, 7) is 4.54. The van der Waals surface area contributed by atoms with Crippen LogP contribution in [0.2, 0.25) is 0 Å². The molecule has 1 saturated heterocycles. The first-order valence-corrected chi connectivity index (χ1v) is 8.35. The maximum atomic E-state index is 5.84. The van der Waals surface area contributed by atoms with Crippen LogP contribution in [0.1, 0.15) is 54.3 Å². The monoisotopic (exact) mass is 317 g/mol. The zero-order valence-corrected chi connectivity index (χ0v) is 13.7. The average Bonchev–Trinajstić information content (AvgIpc) is 2.97. The Labute approximate surface area is 135 Å². The topological polar surface area (TPSA) is 78.0 Å². The Hall–Kier alpha value is -1.73. The van der Waals surface area contributed by atoms with E-state index in [0.717, 1.165) is 31.9 Å². The van der Waals surface area contributed by atoms with Gasteiger partial charge in [0, 0.05) is 49.8 Å². The molecular weight excluding hydrogens is 294 g/mol. The normalized spacial score (nSPS) is 24.4. The molecule has 2 atom stereocenters. The van der Waals surface area contributed by atoms with Crippen molar-refractivity contribution in [3.8, 4) is 0 Å². The highest BCUT2D eigenvalue weighted by molar-refractivity contribution is 5.15. The number of aryl methyl sites for hydroxylation is 1. The molecular formula is C16H23N5O2. The Morgan fingerprint density at radius 1 is 1.35 bits per heavy atom. The highest BCUT2D eigenvalue weighted by atomic mass is 16.5. The van der Waals surface area contributed by atoms with Gasteiger partial charge in [-0.2, -0.15) is 10.1 Å². The number of aromatic nitrogens is 4. The molecule has 3 heterocycles.